The van der Waals surface area contributed by atoms with Gasteiger partial charge in [0, 0.05) is 12.1 Å². The topological polar surface area (TPSA) is 35.9 Å². The lowest BCUT2D eigenvalue weighted by Crippen LogP contribution is -2.46. The third kappa shape index (κ3) is 7.85. The summed E-state index contributed by atoms with van der Waals surface area (Å²) in [6.07, 6.45) is 14.5. The van der Waals surface area contributed by atoms with Crippen LogP contribution in [0.1, 0.15) is 68.0 Å². The van der Waals surface area contributed by atoms with Gasteiger partial charge in [-0.1, -0.05) is 81.1 Å². The highest BCUT2D eigenvalue weighted by Crippen LogP contribution is 2.41. The zero-order valence-corrected chi connectivity index (χ0v) is 26.1. The van der Waals surface area contributed by atoms with Crippen LogP contribution in [0.15, 0.2) is 48.5 Å². The highest BCUT2D eigenvalue weighted by atomic mass is 28.4. The minimum Gasteiger partial charge on any atom is -0.414 e. The first kappa shape index (κ1) is 31.1. The second-order valence-electron chi connectivity index (χ2n) is 12.7. The van der Waals surface area contributed by atoms with Crippen molar-refractivity contribution in [1.29, 1.82) is 0 Å². The van der Waals surface area contributed by atoms with E-state index in [1.807, 2.05) is 19.2 Å². The molecule has 4 unspecified atom stereocenters. The van der Waals surface area contributed by atoms with Crippen molar-refractivity contribution in [2.75, 3.05) is 27.2 Å². The third-order valence-electron chi connectivity index (χ3n) is 8.73. The Hall–Kier alpha value is -2.38. The predicted octanol–water partition coefficient (Wildman–Crippen LogP) is 6.23. The van der Waals surface area contributed by atoms with Gasteiger partial charge in [-0.15, -0.1) is 12.8 Å². The minimum atomic E-state index is -1.76. The molecule has 0 amide bonds. The highest BCUT2D eigenvalue weighted by Gasteiger charge is 2.41. The van der Waals surface area contributed by atoms with Gasteiger partial charge in [0.1, 0.15) is 0 Å². The van der Waals surface area contributed by atoms with E-state index in [1.54, 1.807) is 0 Å². The predicted molar refractivity (Wildman–Crippen MR) is 166 cm³/mol. The van der Waals surface area contributed by atoms with E-state index in [9.17, 15) is 5.11 Å². The van der Waals surface area contributed by atoms with Crippen molar-refractivity contribution in [3.8, 4) is 24.7 Å². The lowest BCUT2D eigenvalue weighted by atomic mass is 9.85. The molecule has 0 spiro atoms. The van der Waals surface area contributed by atoms with Crippen LogP contribution in [0.25, 0.3) is 0 Å². The van der Waals surface area contributed by atoms with E-state index >= 15 is 0 Å². The summed E-state index contributed by atoms with van der Waals surface area (Å²) in [6.45, 7) is 12.9. The maximum absolute atomic E-state index is 9.87. The van der Waals surface area contributed by atoms with Gasteiger partial charge in [-0.3, -0.25) is 9.80 Å². The minimum absolute atomic E-state index is 0.240. The molecule has 0 saturated carbocycles. The second kappa shape index (κ2) is 13.3. The van der Waals surface area contributed by atoms with Crippen LogP contribution in [-0.4, -0.2) is 62.6 Å². The SMILES string of the molecule is C#CCN(C)C1CC(O)Cc2ccccc21.C#CCN(C)C1CC(O[Si](C)(C)C(C)(C)C)Cc2ccccc21. The Balaban J connectivity index is 0.000000230. The molecule has 0 aliphatic heterocycles. The molecule has 2 aromatic rings. The average Bonchev–Trinajstić information content (AvgIpc) is 2.87. The lowest BCUT2D eigenvalue weighted by molar-refractivity contribution is 0.107. The monoisotopic (exact) mass is 544 g/mol. The zero-order valence-electron chi connectivity index (χ0n) is 25.1. The van der Waals surface area contributed by atoms with Crippen molar-refractivity contribution in [3.05, 3.63) is 70.8 Å². The average molecular weight is 545 g/mol. The number of rotatable bonds is 6. The molecular weight excluding hydrogens is 496 g/mol. The Kier molecular flexibility index (Phi) is 10.6. The van der Waals surface area contributed by atoms with Crippen molar-refractivity contribution >= 4 is 8.32 Å². The molecule has 4 rings (SSSR count). The zero-order chi connectivity index (χ0) is 28.8. The molecule has 210 valence electrons. The van der Waals surface area contributed by atoms with Gasteiger partial charge in [-0.25, -0.2) is 0 Å². The summed E-state index contributed by atoms with van der Waals surface area (Å²) in [6, 6.07) is 17.6. The van der Waals surface area contributed by atoms with Crippen LogP contribution in [0.3, 0.4) is 0 Å². The number of terminal acetylenes is 2. The van der Waals surface area contributed by atoms with E-state index in [2.05, 4.69) is 99.0 Å². The molecule has 0 fully saturated rings. The lowest BCUT2D eigenvalue weighted by Gasteiger charge is -2.43. The number of nitrogens with zero attached hydrogens (tertiary/aromatic N) is 2. The molecule has 1 N–H and O–H groups in total. The molecule has 5 heteroatoms. The normalized spacial score (nSPS) is 22.7. The van der Waals surface area contributed by atoms with Crippen LogP contribution >= 0.6 is 0 Å². The molecule has 0 radical (unpaired) electrons. The fourth-order valence-corrected chi connectivity index (χ4v) is 6.91. The van der Waals surface area contributed by atoms with Gasteiger partial charge in [0.25, 0.3) is 0 Å². The summed E-state index contributed by atoms with van der Waals surface area (Å²) in [4.78, 5) is 4.40. The van der Waals surface area contributed by atoms with Crippen LogP contribution in [-0.2, 0) is 17.3 Å². The molecule has 2 aromatic carbocycles. The molecule has 39 heavy (non-hydrogen) atoms. The van der Waals surface area contributed by atoms with Gasteiger partial charge in [0.15, 0.2) is 8.32 Å². The highest BCUT2D eigenvalue weighted by molar-refractivity contribution is 6.74. The Bertz CT molecular complexity index is 1170. The second-order valence-corrected chi connectivity index (χ2v) is 17.5. The first-order valence-electron chi connectivity index (χ1n) is 14.2. The van der Waals surface area contributed by atoms with E-state index in [1.165, 1.54) is 22.3 Å². The van der Waals surface area contributed by atoms with Crippen molar-refractivity contribution < 1.29 is 9.53 Å². The molecule has 4 atom stereocenters. The Morgan fingerprint density at radius 3 is 1.79 bits per heavy atom. The van der Waals surface area contributed by atoms with Gasteiger partial charge < -0.3 is 9.53 Å². The van der Waals surface area contributed by atoms with Crippen LogP contribution in [0.5, 0.6) is 0 Å². The number of aliphatic hydroxyl groups is 1. The third-order valence-corrected chi connectivity index (χ3v) is 13.3. The summed E-state index contributed by atoms with van der Waals surface area (Å²) in [5, 5.41) is 10.1. The van der Waals surface area contributed by atoms with Crippen LogP contribution in [0.4, 0.5) is 0 Å². The molecule has 0 saturated heterocycles. The van der Waals surface area contributed by atoms with Gasteiger partial charge >= 0.3 is 0 Å². The van der Waals surface area contributed by atoms with Crippen LogP contribution in [0.2, 0.25) is 18.1 Å². The van der Waals surface area contributed by atoms with E-state index in [4.69, 9.17) is 17.3 Å². The quantitative estimate of drug-likeness (QED) is 0.346. The molecule has 0 aromatic heterocycles. The van der Waals surface area contributed by atoms with Crippen molar-refractivity contribution in [2.24, 2.45) is 0 Å². The summed E-state index contributed by atoms with van der Waals surface area (Å²) < 4.78 is 6.72. The number of fused-ring (bicyclic) bond motifs is 2. The largest absolute Gasteiger partial charge is 0.414 e. The van der Waals surface area contributed by atoms with Crippen molar-refractivity contribution in [2.45, 2.75) is 88.9 Å². The fourth-order valence-electron chi connectivity index (χ4n) is 5.54. The van der Waals surface area contributed by atoms with E-state index in [-0.39, 0.29) is 23.3 Å². The van der Waals surface area contributed by atoms with Gasteiger partial charge in [-0.05, 0) is 80.2 Å². The Labute approximate surface area is 238 Å². The molecule has 4 nitrogen and oxygen atoms in total. The summed E-state index contributed by atoms with van der Waals surface area (Å²) in [5.41, 5.74) is 5.39. The molecule has 2 aliphatic carbocycles. The molecule has 0 heterocycles. The van der Waals surface area contributed by atoms with Gasteiger partial charge in [-0.2, -0.15) is 0 Å². The maximum atomic E-state index is 9.87. The van der Waals surface area contributed by atoms with E-state index in [0.717, 1.165) is 25.7 Å². The van der Waals surface area contributed by atoms with Crippen molar-refractivity contribution in [1.82, 2.24) is 9.80 Å². The number of benzene rings is 2. The fraction of sp³-hybridized carbons (Fsp3) is 0.529. The Morgan fingerprint density at radius 1 is 0.846 bits per heavy atom. The van der Waals surface area contributed by atoms with Crippen LogP contribution in [0, 0.1) is 24.7 Å². The smallest absolute Gasteiger partial charge is 0.192 e. The Morgan fingerprint density at radius 2 is 1.31 bits per heavy atom. The number of hydrogen-bond donors (Lipinski definition) is 1. The summed E-state index contributed by atoms with van der Waals surface area (Å²) in [7, 11) is 2.38. The summed E-state index contributed by atoms with van der Waals surface area (Å²) >= 11 is 0. The molecule has 0 bridgehead atoms. The maximum Gasteiger partial charge on any atom is 0.192 e. The number of aliphatic hydroxyl groups excluding tert-OH is 1. The van der Waals surface area contributed by atoms with Crippen LogP contribution < -0.4 is 0 Å². The van der Waals surface area contributed by atoms with Crippen molar-refractivity contribution in [3.63, 3.8) is 0 Å². The van der Waals surface area contributed by atoms with E-state index < -0.39 is 8.32 Å². The molecule has 2 aliphatic rings. The molecular formula is C34H48N2O2Si. The van der Waals surface area contributed by atoms with Gasteiger partial charge in [0.2, 0.25) is 0 Å². The van der Waals surface area contributed by atoms with E-state index in [0.29, 0.717) is 19.1 Å². The van der Waals surface area contributed by atoms with Gasteiger partial charge in [0.05, 0.1) is 25.3 Å². The first-order chi connectivity index (χ1) is 18.4. The standard InChI is InChI=1S/C20H31NOSi.C14H17NO/c1-8-13-21(5)19-15-17(22-23(6,7)20(2,3)4)14-16-11-9-10-12-18(16)19;1-3-8-15(2)14-10-12(16)9-11-6-4-5-7-13(11)14/h1,9-12,17,19H,13-15H2,2-7H3;1,4-7,12,14,16H,8-10H2,2H3. The summed E-state index contributed by atoms with van der Waals surface area (Å²) in [5.74, 6) is 5.43. The first-order valence-corrected chi connectivity index (χ1v) is 17.1. The number of hydrogen-bond acceptors (Lipinski definition) is 4.